The number of carbonyl (C=O) groups excluding carboxylic acids is 3. The summed E-state index contributed by atoms with van der Waals surface area (Å²) in [5.74, 6) is -1.31. The zero-order chi connectivity index (χ0) is 23.7. The molecule has 5 nitrogen and oxygen atoms in total. The van der Waals surface area contributed by atoms with Crippen LogP contribution >= 0.6 is 0 Å². The van der Waals surface area contributed by atoms with E-state index >= 15 is 0 Å². The van der Waals surface area contributed by atoms with Gasteiger partial charge in [-0.3, -0.25) is 14.9 Å². The molecule has 0 saturated carbocycles. The number of hydrogen-bond acceptors (Lipinski definition) is 3. The zero-order valence-corrected chi connectivity index (χ0v) is 19.2. The van der Waals surface area contributed by atoms with Crippen molar-refractivity contribution in [3.8, 4) is 0 Å². The number of nitrogens with one attached hydrogen (secondary N) is 1. The van der Waals surface area contributed by atoms with E-state index in [0.29, 0.717) is 12.1 Å². The third-order valence-electron chi connectivity index (χ3n) is 5.74. The van der Waals surface area contributed by atoms with Gasteiger partial charge in [0.1, 0.15) is 5.57 Å². The first-order valence-corrected chi connectivity index (χ1v) is 10.9. The van der Waals surface area contributed by atoms with Crippen molar-refractivity contribution in [2.45, 2.75) is 34.1 Å². The summed E-state index contributed by atoms with van der Waals surface area (Å²) in [5, 5.41) is 2.32. The molecule has 0 radical (unpaired) electrons. The number of nitrogens with zero attached hydrogens (tertiary/aromatic N) is 1. The van der Waals surface area contributed by atoms with E-state index in [1.165, 1.54) is 11.1 Å². The van der Waals surface area contributed by atoms with Gasteiger partial charge in [-0.2, -0.15) is 0 Å². The van der Waals surface area contributed by atoms with Crippen molar-refractivity contribution in [3.05, 3.63) is 105 Å². The van der Waals surface area contributed by atoms with Gasteiger partial charge in [0.2, 0.25) is 0 Å². The first kappa shape index (κ1) is 22.2. The van der Waals surface area contributed by atoms with E-state index < -0.39 is 17.8 Å². The third-order valence-corrected chi connectivity index (χ3v) is 5.74. The normalized spacial score (nSPS) is 15.2. The minimum absolute atomic E-state index is 0.0663. The molecule has 0 spiro atoms. The van der Waals surface area contributed by atoms with Gasteiger partial charge in [-0.15, -0.1) is 0 Å². The highest BCUT2D eigenvalue weighted by Gasteiger charge is 2.37. The molecular weight excluding hydrogens is 412 g/mol. The number of barbiturate groups is 1. The highest BCUT2D eigenvalue weighted by Crippen LogP contribution is 2.27. The maximum atomic E-state index is 13.3. The number of rotatable bonds is 4. The molecule has 0 aliphatic carbocycles. The first-order chi connectivity index (χ1) is 15.7. The zero-order valence-electron chi connectivity index (χ0n) is 19.2. The van der Waals surface area contributed by atoms with Gasteiger partial charge in [0, 0.05) is 0 Å². The van der Waals surface area contributed by atoms with Crippen molar-refractivity contribution < 1.29 is 14.4 Å². The van der Waals surface area contributed by atoms with Gasteiger partial charge in [-0.25, -0.2) is 9.69 Å². The smallest absolute Gasteiger partial charge is 0.273 e. The fourth-order valence-electron chi connectivity index (χ4n) is 4.22. The Labute approximate surface area is 193 Å². The Morgan fingerprint density at radius 3 is 2.24 bits per heavy atom. The molecule has 4 rings (SSSR count). The molecule has 3 aromatic rings. The van der Waals surface area contributed by atoms with Crippen molar-refractivity contribution in [2.75, 3.05) is 4.90 Å². The minimum Gasteiger partial charge on any atom is -0.273 e. The second kappa shape index (κ2) is 8.87. The summed E-state index contributed by atoms with van der Waals surface area (Å²) >= 11 is 0. The summed E-state index contributed by atoms with van der Waals surface area (Å²) in [5.41, 5.74) is 7.38. The fraction of sp³-hybridized carbons (Fsp3) is 0.179. The van der Waals surface area contributed by atoms with Gasteiger partial charge in [-0.1, -0.05) is 65.7 Å². The van der Waals surface area contributed by atoms with Crippen LogP contribution in [0.3, 0.4) is 0 Å². The van der Waals surface area contributed by atoms with E-state index in [4.69, 9.17) is 0 Å². The van der Waals surface area contributed by atoms with Gasteiger partial charge in [0.25, 0.3) is 11.8 Å². The van der Waals surface area contributed by atoms with E-state index in [1.54, 1.807) is 12.1 Å². The van der Waals surface area contributed by atoms with Crippen molar-refractivity contribution in [2.24, 2.45) is 0 Å². The molecule has 33 heavy (non-hydrogen) atoms. The standard InChI is InChI=1S/C28H26N2O3/c1-17-9-10-20(4)25(14-17)30-27(32)24(26(31)29-28(30)33)16-23-8-6-5-7-22(23)15-21-12-18(2)11-19(3)13-21/h5-14,16H,15H2,1-4H3,(H,29,31,33)/b24-16+. The molecule has 0 unspecified atom stereocenters. The monoisotopic (exact) mass is 438 g/mol. The van der Waals surface area contributed by atoms with Crippen LogP contribution in [0, 0.1) is 27.7 Å². The SMILES string of the molecule is Cc1cc(C)cc(Cc2ccccc2/C=C2\C(=O)NC(=O)N(c3cc(C)ccc3C)C2=O)c1. The van der Waals surface area contributed by atoms with Crippen molar-refractivity contribution in [3.63, 3.8) is 0 Å². The largest absolute Gasteiger partial charge is 0.335 e. The van der Waals surface area contributed by atoms with Crippen molar-refractivity contribution >= 4 is 29.6 Å². The molecule has 1 aliphatic rings. The van der Waals surface area contributed by atoms with Gasteiger partial charge in [0.05, 0.1) is 5.69 Å². The van der Waals surface area contributed by atoms with E-state index in [-0.39, 0.29) is 5.57 Å². The Hall–Kier alpha value is -3.99. The average molecular weight is 439 g/mol. The predicted octanol–water partition coefficient (Wildman–Crippen LogP) is 5.18. The number of aryl methyl sites for hydroxylation is 4. The first-order valence-electron chi connectivity index (χ1n) is 10.9. The number of benzene rings is 3. The molecular formula is C28H26N2O3. The quantitative estimate of drug-likeness (QED) is 0.451. The number of anilines is 1. The van der Waals surface area contributed by atoms with E-state index in [1.807, 2.05) is 50.2 Å². The molecule has 0 aromatic heterocycles. The Kier molecular flexibility index (Phi) is 5.97. The van der Waals surface area contributed by atoms with Gasteiger partial charge < -0.3 is 0 Å². The fourth-order valence-corrected chi connectivity index (χ4v) is 4.22. The van der Waals surface area contributed by atoms with Crippen LogP contribution in [0.15, 0.2) is 66.2 Å². The molecule has 1 heterocycles. The van der Waals surface area contributed by atoms with Crippen LogP contribution in [0.25, 0.3) is 6.08 Å². The van der Waals surface area contributed by atoms with Gasteiger partial charge in [-0.05, 0) is 74.1 Å². The number of carbonyl (C=O) groups is 3. The molecule has 0 bridgehead atoms. The van der Waals surface area contributed by atoms with Crippen LogP contribution in [0.2, 0.25) is 0 Å². The van der Waals surface area contributed by atoms with Crippen molar-refractivity contribution in [1.82, 2.24) is 5.32 Å². The number of urea groups is 1. The summed E-state index contributed by atoms with van der Waals surface area (Å²) in [6, 6.07) is 18.9. The highest BCUT2D eigenvalue weighted by atomic mass is 16.2. The Morgan fingerprint density at radius 2 is 1.52 bits per heavy atom. The van der Waals surface area contributed by atoms with Gasteiger partial charge >= 0.3 is 6.03 Å². The lowest BCUT2D eigenvalue weighted by Crippen LogP contribution is -2.54. The minimum atomic E-state index is -0.737. The summed E-state index contributed by atoms with van der Waals surface area (Å²) in [6.45, 7) is 7.84. The molecule has 3 aromatic carbocycles. The van der Waals surface area contributed by atoms with Crippen LogP contribution < -0.4 is 10.2 Å². The summed E-state index contributed by atoms with van der Waals surface area (Å²) < 4.78 is 0. The lowest BCUT2D eigenvalue weighted by Gasteiger charge is -2.28. The van der Waals surface area contributed by atoms with Crippen LogP contribution in [-0.2, 0) is 16.0 Å². The lowest BCUT2D eigenvalue weighted by atomic mass is 9.95. The second-order valence-electron chi connectivity index (χ2n) is 8.62. The molecule has 1 fully saturated rings. The number of hydrogen-bond donors (Lipinski definition) is 1. The summed E-state index contributed by atoms with van der Waals surface area (Å²) in [4.78, 5) is 39.6. The molecule has 1 N–H and O–H groups in total. The number of amides is 4. The van der Waals surface area contributed by atoms with Crippen LogP contribution in [0.5, 0.6) is 0 Å². The molecule has 4 amide bonds. The Morgan fingerprint density at radius 1 is 0.818 bits per heavy atom. The topological polar surface area (TPSA) is 66.5 Å². The summed E-state index contributed by atoms with van der Waals surface area (Å²) in [6.07, 6.45) is 2.25. The third kappa shape index (κ3) is 4.62. The van der Waals surface area contributed by atoms with E-state index in [0.717, 1.165) is 32.7 Å². The maximum absolute atomic E-state index is 13.3. The molecule has 1 aliphatic heterocycles. The van der Waals surface area contributed by atoms with Crippen molar-refractivity contribution in [1.29, 1.82) is 0 Å². The average Bonchev–Trinajstić information content (AvgIpc) is 2.74. The van der Waals surface area contributed by atoms with Crippen LogP contribution in [-0.4, -0.2) is 17.8 Å². The highest BCUT2D eigenvalue weighted by molar-refractivity contribution is 6.39. The maximum Gasteiger partial charge on any atom is 0.335 e. The number of imide groups is 2. The van der Waals surface area contributed by atoms with Crippen LogP contribution in [0.4, 0.5) is 10.5 Å². The summed E-state index contributed by atoms with van der Waals surface area (Å²) in [7, 11) is 0. The molecule has 1 saturated heterocycles. The van der Waals surface area contributed by atoms with E-state index in [9.17, 15) is 14.4 Å². The van der Waals surface area contributed by atoms with Crippen LogP contribution in [0.1, 0.15) is 38.9 Å². The predicted molar refractivity (Wildman–Crippen MR) is 130 cm³/mol. The lowest BCUT2D eigenvalue weighted by molar-refractivity contribution is -0.122. The molecule has 5 heteroatoms. The Bertz CT molecular complexity index is 1300. The van der Waals surface area contributed by atoms with E-state index in [2.05, 4.69) is 37.4 Å². The Balaban J connectivity index is 1.74. The molecule has 166 valence electrons. The van der Waals surface area contributed by atoms with Gasteiger partial charge in [0.15, 0.2) is 0 Å². The second-order valence-corrected chi connectivity index (χ2v) is 8.62. The molecule has 0 atom stereocenters.